The Bertz CT molecular complexity index is 944. The van der Waals surface area contributed by atoms with Crippen LogP contribution in [0.5, 0.6) is 0 Å². The first-order valence-electron chi connectivity index (χ1n) is 8.94. The van der Waals surface area contributed by atoms with Gasteiger partial charge in [0.1, 0.15) is 5.82 Å². The van der Waals surface area contributed by atoms with Gasteiger partial charge in [0.05, 0.1) is 22.8 Å². The van der Waals surface area contributed by atoms with E-state index >= 15 is 4.39 Å². The second kappa shape index (κ2) is 5.90. The van der Waals surface area contributed by atoms with Crippen molar-refractivity contribution in [2.45, 2.75) is 32.7 Å². The van der Waals surface area contributed by atoms with Crippen LogP contribution in [0.15, 0.2) is 6.07 Å². The first-order valence-corrected chi connectivity index (χ1v) is 8.94. The highest BCUT2D eigenvalue weighted by molar-refractivity contribution is 6.10. The van der Waals surface area contributed by atoms with E-state index in [4.69, 9.17) is 5.73 Å². The molecule has 1 aromatic carbocycles. The summed E-state index contributed by atoms with van der Waals surface area (Å²) < 4.78 is 15.1. The summed E-state index contributed by atoms with van der Waals surface area (Å²) in [5, 5.41) is 10.1. The topological polar surface area (TPSA) is 89.2 Å². The van der Waals surface area contributed by atoms with Crippen molar-refractivity contribution in [1.82, 2.24) is 9.88 Å². The molecule has 3 heterocycles. The number of halogens is 1. The zero-order valence-electron chi connectivity index (χ0n) is 15.0. The number of carbonyl (C=O) groups is 1. The Balaban J connectivity index is 1.85. The van der Waals surface area contributed by atoms with Gasteiger partial charge in [0.15, 0.2) is 6.19 Å². The number of benzene rings is 1. The second-order valence-electron chi connectivity index (χ2n) is 7.41. The normalized spacial score (nSPS) is 22.5. The number of aromatic nitrogens is 1. The number of anilines is 1. The summed E-state index contributed by atoms with van der Waals surface area (Å²) in [5.41, 5.74) is 8.56. The highest BCUT2D eigenvalue weighted by Crippen LogP contribution is 2.40. The van der Waals surface area contributed by atoms with Crippen LogP contribution >= 0.6 is 0 Å². The molecule has 3 N–H and O–H groups in total. The third kappa shape index (κ3) is 2.32. The number of H-pyrrole nitrogens is 1. The second-order valence-corrected chi connectivity index (χ2v) is 7.41. The van der Waals surface area contributed by atoms with Crippen LogP contribution in [0, 0.1) is 37.0 Å². The van der Waals surface area contributed by atoms with E-state index in [1.807, 2.05) is 23.6 Å². The molecule has 26 heavy (non-hydrogen) atoms. The highest BCUT2D eigenvalue weighted by Gasteiger charge is 2.40. The van der Waals surface area contributed by atoms with E-state index in [2.05, 4.69) is 11.2 Å². The van der Waals surface area contributed by atoms with Gasteiger partial charge < -0.3 is 20.5 Å². The number of nitrogens with zero attached hydrogens (tertiary/aromatic N) is 3. The van der Waals surface area contributed by atoms with Crippen LogP contribution < -0.4 is 10.6 Å². The van der Waals surface area contributed by atoms with E-state index in [0.717, 1.165) is 36.0 Å². The minimum Gasteiger partial charge on any atom is -0.366 e. The average molecular weight is 355 g/mol. The van der Waals surface area contributed by atoms with Crippen molar-refractivity contribution < 1.29 is 9.18 Å². The van der Waals surface area contributed by atoms with Crippen LogP contribution in [0.25, 0.3) is 10.9 Å². The fourth-order valence-corrected chi connectivity index (χ4v) is 4.59. The van der Waals surface area contributed by atoms with Crippen molar-refractivity contribution in [1.29, 1.82) is 5.26 Å². The summed E-state index contributed by atoms with van der Waals surface area (Å²) >= 11 is 0. The van der Waals surface area contributed by atoms with E-state index in [0.29, 0.717) is 30.2 Å². The number of nitrogens with one attached hydrogen (secondary N) is 1. The van der Waals surface area contributed by atoms with E-state index in [9.17, 15) is 10.1 Å². The molecular formula is C19H22FN5O. The molecule has 0 bridgehead atoms. The fraction of sp³-hybridized carbons (Fsp3) is 0.474. The molecule has 0 aliphatic carbocycles. The molecule has 6 nitrogen and oxygen atoms in total. The van der Waals surface area contributed by atoms with Crippen LogP contribution in [0.3, 0.4) is 0 Å². The number of hydrogen-bond donors (Lipinski definition) is 2. The summed E-state index contributed by atoms with van der Waals surface area (Å²) in [5.74, 6) is -0.725. The van der Waals surface area contributed by atoms with Crippen molar-refractivity contribution in [3.63, 3.8) is 0 Å². The maximum Gasteiger partial charge on any atom is 0.250 e. The van der Waals surface area contributed by atoms with Crippen LogP contribution in [-0.2, 0) is 0 Å². The standard InChI is InChI=1S/C19H22FN5O/c1-10-11(2)23-17-13(19(22)26)6-14(20)18(16(10)17)25-7-12-4-3-5-24(9-21)15(12)8-25/h6,12,15,23H,3-5,7-8H2,1-2H3,(H2,22,26)/t12-,15+/m0/s1. The molecule has 0 spiro atoms. The Morgan fingerprint density at radius 1 is 1.42 bits per heavy atom. The molecule has 7 heteroatoms. The molecule has 2 atom stereocenters. The van der Waals surface area contributed by atoms with E-state index in [1.165, 1.54) is 6.07 Å². The summed E-state index contributed by atoms with van der Waals surface area (Å²) in [7, 11) is 0. The first-order chi connectivity index (χ1) is 12.4. The van der Waals surface area contributed by atoms with Crippen molar-refractivity contribution in [2.75, 3.05) is 24.5 Å². The molecule has 2 aliphatic rings. The lowest BCUT2D eigenvalue weighted by molar-refractivity contribution is 0.100. The van der Waals surface area contributed by atoms with Crippen LogP contribution in [0.1, 0.15) is 34.5 Å². The number of rotatable bonds is 2. The predicted molar refractivity (Wildman–Crippen MR) is 97.3 cm³/mol. The lowest BCUT2D eigenvalue weighted by Crippen LogP contribution is -2.42. The Hall–Kier alpha value is -2.75. The summed E-state index contributed by atoms with van der Waals surface area (Å²) in [6.07, 6.45) is 4.32. The summed E-state index contributed by atoms with van der Waals surface area (Å²) in [4.78, 5) is 18.8. The molecule has 4 rings (SSSR count). The quantitative estimate of drug-likeness (QED) is 0.810. The Morgan fingerprint density at radius 2 is 2.19 bits per heavy atom. The third-order valence-electron chi connectivity index (χ3n) is 5.99. The van der Waals surface area contributed by atoms with Gasteiger partial charge in [-0.2, -0.15) is 5.26 Å². The van der Waals surface area contributed by atoms with Gasteiger partial charge in [-0.25, -0.2) is 4.39 Å². The maximum absolute atomic E-state index is 15.1. The molecule has 0 radical (unpaired) electrons. The number of likely N-dealkylation sites (tertiary alicyclic amines) is 1. The summed E-state index contributed by atoms with van der Waals surface area (Å²) in [6, 6.07) is 1.36. The number of piperidine rings is 1. The minimum absolute atomic E-state index is 0.124. The number of hydrogen-bond acceptors (Lipinski definition) is 4. The number of primary amides is 1. The number of amides is 1. The van der Waals surface area contributed by atoms with Gasteiger partial charge in [-0.05, 0) is 44.2 Å². The molecule has 2 fully saturated rings. The molecule has 2 saturated heterocycles. The molecule has 0 saturated carbocycles. The fourth-order valence-electron chi connectivity index (χ4n) is 4.59. The number of aromatic amines is 1. The number of nitriles is 1. The van der Waals surface area contributed by atoms with Crippen molar-refractivity contribution in [3.8, 4) is 6.19 Å². The van der Waals surface area contributed by atoms with Gasteiger partial charge in [-0.1, -0.05) is 0 Å². The lowest BCUT2D eigenvalue weighted by atomic mass is 9.93. The van der Waals surface area contributed by atoms with E-state index in [-0.39, 0.29) is 11.6 Å². The zero-order valence-corrected chi connectivity index (χ0v) is 15.0. The Labute approximate surface area is 151 Å². The van der Waals surface area contributed by atoms with Gasteiger partial charge in [0.2, 0.25) is 0 Å². The van der Waals surface area contributed by atoms with Gasteiger partial charge in [0, 0.05) is 30.7 Å². The molecule has 1 aromatic heterocycles. The molecule has 0 unspecified atom stereocenters. The zero-order chi connectivity index (χ0) is 18.6. The molecule has 136 valence electrons. The van der Waals surface area contributed by atoms with Crippen LogP contribution in [-0.4, -0.2) is 41.5 Å². The monoisotopic (exact) mass is 355 g/mol. The SMILES string of the molecule is Cc1[nH]c2c(C(N)=O)cc(F)c(N3C[C@@H]4CCCN(C#N)[C@@H]4C3)c2c1C. The molecule has 1 amide bonds. The molecule has 2 aromatic rings. The molecule has 2 aliphatic heterocycles. The van der Waals surface area contributed by atoms with Gasteiger partial charge in [-0.3, -0.25) is 4.79 Å². The Kier molecular flexibility index (Phi) is 3.79. The van der Waals surface area contributed by atoms with E-state index < -0.39 is 11.7 Å². The number of nitrogens with two attached hydrogens (primary N) is 1. The number of carbonyl (C=O) groups excluding carboxylic acids is 1. The van der Waals surface area contributed by atoms with Crippen molar-refractivity contribution in [2.24, 2.45) is 11.7 Å². The summed E-state index contributed by atoms with van der Waals surface area (Å²) in [6.45, 7) is 5.93. The third-order valence-corrected chi connectivity index (χ3v) is 5.99. The predicted octanol–water partition coefficient (Wildman–Crippen LogP) is 2.40. The number of fused-ring (bicyclic) bond motifs is 2. The highest BCUT2D eigenvalue weighted by atomic mass is 19.1. The van der Waals surface area contributed by atoms with Gasteiger partial charge >= 0.3 is 0 Å². The largest absolute Gasteiger partial charge is 0.366 e. The average Bonchev–Trinajstić information content (AvgIpc) is 3.16. The molecular weight excluding hydrogens is 333 g/mol. The van der Waals surface area contributed by atoms with Crippen molar-refractivity contribution >= 4 is 22.5 Å². The first kappa shape index (κ1) is 16.7. The van der Waals surface area contributed by atoms with Gasteiger partial charge in [-0.15, -0.1) is 0 Å². The lowest BCUT2D eigenvalue weighted by Gasteiger charge is -2.32. The Morgan fingerprint density at radius 3 is 2.88 bits per heavy atom. The van der Waals surface area contributed by atoms with Crippen LogP contribution in [0.2, 0.25) is 0 Å². The van der Waals surface area contributed by atoms with E-state index in [1.54, 1.807) is 0 Å². The van der Waals surface area contributed by atoms with Crippen LogP contribution in [0.4, 0.5) is 10.1 Å². The van der Waals surface area contributed by atoms with Crippen molar-refractivity contribution in [3.05, 3.63) is 28.7 Å². The number of aryl methyl sites for hydroxylation is 2. The van der Waals surface area contributed by atoms with Gasteiger partial charge in [0.25, 0.3) is 5.91 Å². The minimum atomic E-state index is -0.646. The maximum atomic E-state index is 15.1. The smallest absolute Gasteiger partial charge is 0.250 e.